The van der Waals surface area contributed by atoms with Crippen molar-refractivity contribution in [1.29, 1.82) is 0 Å². The molecule has 7 heteroatoms. The Kier molecular flexibility index (Phi) is 4.28. The van der Waals surface area contributed by atoms with E-state index in [4.69, 9.17) is 5.11 Å². The third-order valence-electron chi connectivity index (χ3n) is 2.81. The summed E-state index contributed by atoms with van der Waals surface area (Å²) in [6.07, 6.45) is 2.22. The zero-order valence-electron chi connectivity index (χ0n) is 11.2. The molecule has 0 spiro atoms. The van der Waals surface area contributed by atoms with Crippen LogP contribution >= 0.6 is 0 Å². The fraction of sp³-hybridized carbons (Fsp3) is 0.583. The molecule has 7 nitrogen and oxygen atoms in total. The standard InChI is InChI=1S/C12H19N5O2/c1-8(2)17-11-9(6-14-17)12(19)16-10(15-11)7-13-4-3-5-18/h6,8,13,18H,3-5,7H2,1-2H3,(H,15,16,19). The lowest BCUT2D eigenvalue weighted by Gasteiger charge is -2.07. The lowest BCUT2D eigenvalue weighted by Crippen LogP contribution is -2.21. The molecule has 0 aromatic carbocycles. The molecular formula is C12H19N5O2. The molecular weight excluding hydrogens is 246 g/mol. The number of aliphatic hydroxyl groups excluding tert-OH is 1. The maximum atomic E-state index is 11.9. The summed E-state index contributed by atoms with van der Waals surface area (Å²) in [7, 11) is 0. The summed E-state index contributed by atoms with van der Waals surface area (Å²) in [6.45, 7) is 5.29. The second kappa shape index (κ2) is 5.94. The normalized spacial score (nSPS) is 11.6. The second-order valence-electron chi connectivity index (χ2n) is 4.69. The van der Waals surface area contributed by atoms with Crippen LogP contribution in [0.1, 0.15) is 32.1 Å². The average molecular weight is 265 g/mol. The molecule has 2 rings (SSSR count). The largest absolute Gasteiger partial charge is 0.396 e. The molecule has 2 heterocycles. The summed E-state index contributed by atoms with van der Waals surface area (Å²) >= 11 is 0. The van der Waals surface area contributed by atoms with Gasteiger partial charge in [0.15, 0.2) is 5.65 Å². The first kappa shape index (κ1) is 13.7. The number of aromatic amines is 1. The quantitative estimate of drug-likeness (QED) is 0.647. The van der Waals surface area contributed by atoms with E-state index in [9.17, 15) is 4.79 Å². The molecule has 0 saturated carbocycles. The third kappa shape index (κ3) is 2.99. The number of nitrogens with zero attached hydrogens (tertiary/aromatic N) is 3. The number of nitrogens with one attached hydrogen (secondary N) is 2. The van der Waals surface area contributed by atoms with Crippen LogP contribution in [0.15, 0.2) is 11.0 Å². The van der Waals surface area contributed by atoms with Gasteiger partial charge in [-0.3, -0.25) is 4.79 Å². The number of fused-ring (bicyclic) bond motifs is 1. The molecule has 104 valence electrons. The summed E-state index contributed by atoms with van der Waals surface area (Å²) < 4.78 is 1.74. The monoisotopic (exact) mass is 265 g/mol. The van der Waals surface area contributed by atoms with E-state index in [1.807, 2.05) is 13.8 Å². The lowest BCUT2D eigenvalue weighted by molar-refractivity contribution is 0.286. The van der Waals surface area contributed by atoms with E-state index in [-0.39, 0.29) is 18.2 Å². The smallest absolute Gasteiger partial charge is 0.262 e. The van der Waals surface area contributed by atoms with Gasteiger partial charge in [-0.05, 0) is 26.8 Å². The van der Waals surface area contributed by atoms with Crippen LogP contribution in [0, 0.1) is 0 Å². The molecule has 0 aliphatic heterocycles. The molecule has 0 unspecified atom stereocenters. The van der Waals surface area contributed by atoms with Crippen molar-refractivity contribution in [3.05, 3.63) is 22.4 Å². The van der Waals surface area contributed by atoms with Crippen molar-refractivity contribution < 1.29 is 5.11 Å². The van der Waals surface area contributed by atoms with Crippen molar-refractivity contribution in [1.82, 2.24) is 25.1 Å². The Morgan fingerprint density at radius 3 is 3.00 bits per heavy atom. The Hall–Kier alpha value is -1.73. The van der Waals surface area contributed by atoms with Crippen LogP contribution in [-0.2, 0) is 6.54 Å². The van der Waals surface area contributed by atoms with Gasteiger partial charge in [-0.2, -0.15) is 5.10 Å². The molecule has 0 atom stereocenters. The van der Waals surface area contributed by atoms with Crippen molar-refractivity contribution in [3.63, 3.8) is 0 Å². The van der Waals surface area contributed by atoms with Gasteiger partial charge >= 0.3 is 0 Å². The number of aromatic nitrogens is 4. The number of H-pyrrole nitrogens is 1. The molecule has 0 amide bonds. The summed E-state index contributed by atoms with van der Waals surface area (Å²) in [4.78, 5) is 19.1. The van der Waals surface area contributed by atoms with Gasteiger partial charge in [0, 0.05) is 12.6 Å². The molecule has 0 fully saturated rings. The predicted molar refractivity (Wildman–Crippen MR) is 71.9 cm³/mol. The minimum absolute atomic E-state index is 0.149. The first-order valence-corrected chi connectivity index (χ1v) is 6.41. The molecule has 0 aliphatic rings. The van der Waals surface area contributed by atoms with Gasteiger partial charge in [-0.1, -0.05) is 0 Å². The highest BCUT2D eigenvalue weighted by Gasteiger charge is 2.11. The van der Waals surface area contributed by atoms with Crippen LogP contribution in [-0.4, -0.2) is 38.0 Å². The Labute approximate surface area is 110 Å². The minimum Gasteiger partial charge on any atom is -0.396 e. The SMILES string of the molecule is CC(C)n1ncc2c(=O)[nH]c(CNCCCO)nc21. The van der Waals surface area contributed by atoms with E-state index in [0.717, 1.165) is 0 Å². The highest BCUT2D eigenvalue weighted by Crippen LogP contribution is 2.11. The van der Waals surface area contributed by atoms with E-state index in [1.165, 1.54) is 0 Å². The topological polar surface area (TPSA) is 95.8 Å². The zero-order valence-corrected chi connectivity index (χ0v) is 11.2. The van der Waals surface area contributed by atoms with Crippen molar-refractivity contribution in [3.8, 4) is 0 Å². The molecule has 0 aliphatic carbocycles. The summed E-state index contributed by atoms with van der Waals surface area (Å²) in [5.74, 6) is 0.581. The highest BCUT2D eigenvalue weighted by atomic mass is 16.3. The Balaban J connectivity index is 2.26. The van der Waals surface area contributed by atoms with Crippen molar-refractivity contribution in [2.75, 3.05) is 13.2 Å². The van der Waals surface area contributed by atoms with E-state index in [2.05, 4.69) is 20.4 Å². The first-order chi connectivity index (χ1) is 9.13. The maximum Gasteiger partial charge on any atom is 0.262 e. The second-order valence-corrected chi connectivity index (χ2v) is 4.69. The van der Waals surface area contributed by atoms with Crippen molar-refractivity contribution in [2.45, 2.75) is 32.9 Å². The molecule has 0 radical (unpaired) electrons. The van der Waals surface area contributed by atoms with E-state index in [1.54, 1.807) is 10.9 Å². The fourth-order valence-corrected chi connectivity index (χ4v) is 1.85. The van der Waals surface area contributed by atoms with Gasteiger partial charge < -0.3 is 15.4 Å². The molecule has 2 aromatic rings. The van der Waals surface area contributed by atoms with Gasteiger partial charge in [0.25, 0.3) is 5.56 Å². The molecule has 2 aromatic heterocycles. The Morgan fingerprint density at radius 2 is 2.32 bits per heavy atom. The van der Waals surface area contributed by atoms with Gasteiger partial charge in [-0.15, -0.1) is 0 Å². The molecule has 19 heavy (non-hydrogen) atoms. The van der Waals surface area contributed by atoms with E-state index < -0.39 is 0 Å². The van der Waals surface area contributed by atoms with Gasteiger partial charge in [-0.25, -0.2) is 9.67 Å². The molecule has 0 bridgehead atoms. The van der Waals surface area contributed by atoms with Crippen LogP contribution < -0.4 is 10.9 Å². The van der Waals surface area contributed by atoms with Crippen molar-refractivity contribution in [2.24, 2.45) is 0 Å². The predicted octanol–water partition coefficient (Wildman–Crippen LogP) is 0.172. The first-order valence-electron chi connectivity index (χ1n) is 6.41. The van der Waals surface area contributed by atoms with Crippen molar-refractivity contribution >= 4 is 11.0 Å². The van der Waals surface area contributed by atoms with E-state index >= 15 is 0 Å². The van der Waals surface area contributed by atoms with Crippen LogP contribution in [0.4, 0.5) is 0 Å². The summed E-state index contributed by atoms with van der Waals surface area (Å²) in [6, 6.07) is 0.155. The van der Waals surface area contributed by atoms with Gasteiger partial charge in [0.1, 0.15) is 11.2 Å². The summed E-state index contributed by atoms with van der Waals surface area (Å²) in [5.41, 5.74) is 0.438. The van der Waals surface area contributed by atoms with E-state index in [0.29, 0.717) is 36.4 Å². The fourth-order valence-electron chi connectivity index (χ4n) is 1.85. The number of aliphatic hydroxyl groups is 1. The number of hydrogen-bond acceptors (Lipinski definition) is 5. The summed E-state index contributed by atoms with van der Waals surface area (Å²) in [5, 5.41) is 16.5. The third-order valence-corrected chi connectivity index (χ3v) is 2.81. The average Bonchev–Trinajstić information content (AvgIpc) is 2.79. The minimum atomic E-state index is -0.171. The lowest BCUT2D eigenvalue weighted by atomic mass is 10.3. The molecule has 3 N–H and O–H groups in total. The Morgan fingerprint density at radius 1 is 1.53 bits per heavy atom. The van der Waals surface area contributed by atoms with Crippen LogP contribution in [0.2, 0.25) is 0 Å². The van der Waals surface area contributed by atoms with Gasteiger partial charge in [0.2, 0.25) is 0 Å². The maximum absolute atomic E-state index is 11.9. The number of hydrogen-bond donors (Lipinski definition) is 3. The van der Waals surface area contributed by atoms with Crippen LogP contribution in [0.5, 0.6) is 0 Å². The molecule has 0 saturated heterocycles. The van der Waals surface area contributed by atoms with Gasteiger partial charge in [0.05, 0.1) is 12.7 Å². The van der Waals surface area contributed by atoms with Crippen LogP contribution in [0.3, 0.4) is 0 Å². The zero-order chi connectivity index (χ0) is 13.8. The number of rotatable bonds is 6. The highest BCUT2D eigenvalue weighted by molar-refractivity contribution is 5.73. The van der Waals surface area contributed by atoms with Crippen LogP contribution in [0.25, 0.3) is 11.0 Å². The Bertz CT molecular complexity index is 602.